The molecule has 5 nitrogen and oxygen atoms in total. The van der Waals surface area contributed by atoms with Crippen LogP contribution in [-0.4, -0.2) is 18.6 Å². The van der Waals surface area contributed by atoms with Gasteiger partial charge in [-0.25, -0.2) is 12.8 Å². The van der Waals surface area contributed by atoms with Crippen LogP contribution in [0, 0.1) is 12.7 Å². The van der Waals surface area contributed by atoms with Crippen molar-refractivity contribution in [3.63, 3.8) is 0 Å². The van der Waals surface area contributed by atoms with Crippen LogP contribution in [0.4, 0.5) is 10.1 Å². The second-order valence-corrected chi connectivity index (χ2v) is 6.84. The number of fused-ring (bicyclic) bond motifs is 1. The zero-order valence-electron chi connectivity index (χ0n) is 11.8. The minimum atomic E-state index is -3.63. The van der Waals surface area contributed by atoms with Gasteiger partial charge in [0.1, 0.15) is 5.82 Å². The number of aromatic nitrogens is 2. The number of H-pyrrole nitrogens is 1. The molecular weight excluding hydrogens is 305 g/mol. The number of benzene rings is 2. The summed E-state index contributed by atoms with van der Waals surface area (Å²) in [7, 11) is -3.63. The molecule has 1 aromatic heterocycles. The second-order valence-electron chi connectivity index (χ2n) is 5.12. The van der Waals surface area contributed by atoms with E-state index < -0.39 is 15.8 Å². The topological polar surface area (TPSA) is 74.8 Å². The summed E-state index contributed by atoms with van der Waals surface area (Å²) in [5.74, 6) is -0.739. The van der Waals surface area contributed by atoms with Gasteiger partial charge in [-0.05, 0) is 42.3 Å². The Labute approximate surface area is 127 Å². The Hall–Kier alpha value is -2.41. The molecule has 0 radical (unpaired) electrons. The number of hydrogen-bond acceptors (Lipinski definition) is 3. The molecule has 7 heteroatoms. The van der Waals surface area contributed by atoms with Crippen molar-refractivity contribution < 1.29 is 12.8 Å². The normalized spacial score (nSPS) is 11.7. The zero-order chi connectivity index (χ0) is 15.7. The van der Waals surface area contributed by atoms with Gasteiger partial charge < -0.3 is 0 Å². The standard InChI is InChI=1S/C15H14FN3O2S/c1-10-5-15-12(8-17-18-15)7-14(10)19-22(20,21)9-11-3-2-4-13(16)6-11/h2-8,19H,9H2,1H3,(H,17,18). The highest BCUT2D eigenvalue weighted by molar-refractivity contribution is 7.91. The summed E-state index contributed by atoms with van der Waals surface area (Å²) in [6.07, 6.45) is 1.62. The first-order valence-corrected chi connectivity index (χ1v) is 8.27. The molecule has 0 bridgehead atoms. The van der Waals surface area contributed by atoms with Crippen molar-refractivity contribution in [1.82, 2.24) is 10.2 Å². The molecule has 0 aliphatic carbocycles. The summed E-state index contributed by atoms with van der Waals surface area (Å²) in [5, 5.41) is 7.56. The fraction of sp³-hybridized carbons (Fsp3) is 0.133. The predicted molar refractivity (Wildman–Crippen MR) is 83.5 cm³/mol. The van der Waals surface area contributed by atoms with Crippen molar-refractivity contribution in [2.24, 2.45) is 0 Å². The van der Waals surface area contributed by atoms with E-state index in [4.69, 9.17) is 0 Å². The summed E-state index contributed by atoms with van der Waals surface area (Å²) >= 11 is 0. The van der Waals surface area contributed by atoms with Crippen LogP contribution >= 0.6 is 0 Å². The Kier molecular flexibility index (Phi) is 3.58. The number of aryl methyl sites for hydroxylation is 1. The van der Waals surface area contributed by atoms with Crippen molar-refractivity contribution in [3.8, 4) is 0 Å². The van der Waals surface area contributed by atoms with Gasteiger partial charge in [-0.1, -0.05) is 12.1 Å². The predicted octanol–water partition coefficient (Wildman–Crippen LogP) is 2.95. The van der Waals surface area contributed by atoms with Crippen LogP contribution in [0.15, 0.2) is 42.6 Å². The van der Waals surface area contributed by atoms with Gasteiger partial charge in [0.15, 0.2) is 0 Å². The molecule has 0 spiro atoms. The molecule has 3 rings (SSSR count). The van der Waals surface area contributed by atoms with Crippen LogP contribution in [-0.2, 0) is 15.8 Å². The SMILES string of the molecule is Cc1cc2[nH]ncc2cc1NS(=O)(=O)Cc1cccc(F)c1. The lowest BCUT2D eigenvalue weighted by Gasteiger charge is -2.11. The molecule has 1 heterocycles. The Balaban J connectivity index is 1.87. The molecule has 0 amide bonds. The Morgan fingerprint density at radius 3 is 2.86 bits per heavy atom. The van der Waals surface area contributed by atoms with Crippen LogP contribution in [0.25, 0.3) is 10.9 Å². The Morgan fingerprint density at radius 1 is 1.27 bits per heavy atom. The van der Waals surface area contributed by atoms with Crippen molar-refractivity contribution in [1.29, 1.82) is 0 Å². The molecule has 0 aliphatic rings. The first kappa shape index (κ1) is 14.5. The summed E-state index contributed by atoms with van der Waals surface area (Å²) in [6, 6.07) is 9.10. The third kappa shape index (κ3) is 3.09. The van der Waals surface area contributed by atoms with E-state index in [1.807, 2.05) is 6.07 Å². The van der Waals surface area contributed by atoms with Crippen LogP contribution < -0.4 is 4.72 Å². The molecule has 0 saturated carbocycles. The smallest absolute Gasteiger partial charge is 0.236 e. The summed E-state index contributed by atoms with van der Waals surface area (Å²) in [6.45, 7) is 1.81. The molecule has 0 atom stereocenters. The first-order valence-electron chi connectivity index (χ1n) is 6.62. The van der Waals surface area contributed by atoms with E-state index in [9.17, 15) is 12.8 Å². The lowest BCUT2D eigenvalue weighted by molar-refractivity contribution is 0.599. The summed E-state index contributed by atoms with van der Waals surface area (Å²) < 4.78 is 40.2. The molecule has 0 aliphatic heterocycles. The van der Waals surface area contributed by atoms with Crippen LogP contribution in [0.1, 0.15) is 11.1 Å². The highest BCUT2D eigenvalue weighted by Crippen LogP contribution is 2.23. The van der Waals surface area contributed by atoms with Crippen molar-refractivity contribution >= 4 is 26.6 Å². The highest BCUT2D eigenvalue weighted by Gasteiger charge is 2.14. The van der Waals surface area contributed by atoms with Gasteiger partial charge in [0.05, 0.1) is 23.2 Å². The van der Waals surface area contributed by atoms with Gasteiger partial charge in [-0.3, -0.25) is 9.82 Å². The van der Waals surface area contributed by atoms with E-state index in [0.717, 1.165) is 16.5 Å². The quantitative estimate of drug-likeness (QED) is 0.776. The number of halogens is 1. The van der Waals surface area contributed by atoms with Crippen molar-refractivity contribution in [2.45, 2.75) is 12.7 Å². The molecular formula is C15H14FN3O2S. The van der Waals surface area contributed by atoms with Gasteiger partial charge in [0.25, 0.3) is 0 Å². The monoisotopic (exact) mass is 319 g/mol. The molecule has 3 aromatic rings. The fourth-order valence-electron chi connectivity index (χ4n) is 2.26. The summed E-state index contributed by atoms with van der Waals surface area (Å²) in [4.78, 5) is 0. The van der Waals surface area contributed by atoms with Gasteiger partial charge >= 0.3 is 0 Å². The van der Waals surface area contributed by atoms with Crippen molar-refractivity contribution in [2.75, 3.05) is 4.72 Å². The largest absolute Gasteiger partial charge is 0.283 e. The lowest BCUT2D eigenvalue weighted by Crippen LogP contribution is -2.15. The molecule has 0 saturated heterocycles. The maximum atomic E-state index is 13.1. The third-order valence-corrected chi connectivity index (χ3v) is 4.54. The third-order valence-electron chi connectivity index (χ3n) is 3.30. The molecule has 2 N–H and O–H groups in total. The molecule has 2 aromatic carbocycles. The van der Waals surface area contributed by atoms with Crippen LogP contribution in [0.2, 0.25) is 0 Å². The van der Waals surface area contributed by atoms with Crippen LogP contribution in [0.3, 0.4) is 0 Å². The number of anilines is 1. The number of nitrogens with zero attached hydrogens (tertiary/aromatic N) is 1. The number of hydrogen-bond donors (Lipinski definition) is 2. The highest BCUT2D eigenvalue weighted by atomic mass is 32.2. The number of rotatable bonds is 4. The molecule has 114 valence electrons. The van der Waals surface area contributed by atoms with Crippen molar-refractivity contribution in [3.05, 3.63) is 59.5 Å². The minimum Gasteiger partial charge on any atom is -0.283 e. The first-order chi connectivity index (χ1) is 10.4. The van der Waals surface area contributed by atoms with E-state index in [1.54, 1.807) is 25.3 Å². The molecule has 22 heavy (non-hydrogen) atoms. The van der Waals surface area contributed by atoms with Gasteiger partial charge in [-0.2, -0.15) is 5.10 Å². The van der Waals surface area contributed by atoms with E-state index in [-0.39, 0.29) is 5.75 Å². The fourth-order valence-corrected chi connectivity index (χ4v) is 3.50. The van der Waals surface area contributed by atoms with Crippen LogP contribution in [0.5, 0.6) is 0 Å². The maximum absolute atomic E-state index is 13.1. The number of aromatic amines is 1. The van der Waals surface area contributed by atoms with E-state index in [2.05, 4.69) is 14.9 Å². The Bertz CT molecular complexity index is 935. The average Bonchev–Trinajstić information content (AvgIpc) is 2.85. The van der Waals surface area contributed by atoms with E-state index >= 15 is 0 Å². The van der Waals surface area contributed by atoms with E-state index in [1.165, 1.54) is 18.2 Å². The average molecular weight is 319 g/mol. The number of nitrogens with one attached hydrogen (secondary N) is 2. The number of sulfonamides is 1. The van der Waals surface area contributed by atoms with E-state index in [0.29, 0.717) is 11.3 Å². The van der Waals surface area contributed by atoms with Gasteiger partial charge in [-0.15, -0.1) is 0 Å². The summed E-state index contributed by atoms with van der Waals surface area (Å²) in [5.41, 5.74) is 2.50. The Morgan fingerprint density at radius 2 is 2.09 bits per heavy atom. The van der Waals surface area contributed by atoms with Gasteiger partial charge in [0.2, 0.25) is 10.0 Å². The molecule has 0 unspecified atom stereocenters. The molecule has 0 fully saturated rings. The minimum absolute atomic E-state index is 0.284. The zero-order valence-corrected chi connectivity index (χ0v) is 12.6. The van der Waals surface area contributed by atoms with Gasteiger partial charge in [0, 0.05) is 5.39 Å². The lowest BCUT2D eigenvalue weighted by atomic mass is 10.1. The second kappa shape index (κ2) is 5.42. The maximum Gasteiger partial charge on any atom is 0.236 e.